The Hall–Kier alpha value is -3.41. The Labute approximate surface area is 180 Å². The molecule has 160 valence electrons. The molecule has 31 heavy (non-hydrogen) atoms. The molecule has 0 fully saturated rings. The van der Waals surface area contributed by atoms with Gasteiger partial charge in [0.25, 0.3) is 5.91 Å². The molecule has 0 unspecified atom stereocenters. The van der Waals surface area contributed by atoms with E-state index in [-0.39, 0.29) is 17.2 Å². The molecule has 1 amide bonds. The summed E-state index contributed by atoms with van der Waals surface area (Å²) >= 11 is 0. The van der Waals surface area contributed by atoms with Gasteiger partial charge >= 0.3 is 5.97 Å². The minimum atomic E-state index is -0.851. The third-order valence-corrected chi connectivity index (χ3v) is 5.67. The standard InChI is InChI=1S/C25H25NO5/c1-15-7-10-22-20(11-15)21(27)13-23(31-22)25(29)30-14-24(28)26-16(2)18-9-8-17-5-3-4-6-19(17)12-18/h7-13,16H,3-6,14H2,1-2H3,(H,26,28)/t16-/m1/s1. The van der Waals surface area contributed by atoms with Gasteiger partial charge in [0.15, 0.2) is 12.0 Å². The molecule has 6 heteroatoms. The maximum atomic E-state index is 12.3. The number of esters is 1. The van der Waals surface area contributed by atoms with E-state index in [1.807, 2.05) is 19.9 Å². The maximum absolute atomic E-state index is 12.3. The first-order valence-corrected chi connectivity index (χ1v) is 10.5. The molecule has 0 saturated heterocycles. The number of ether oxygens (including phenoxy) is 1. The number of benzene rings is 2. The average Bonchev–Trinajstić information content (AvgIpc) is 2.77. The summed E-state index contributed by atoms with van der Waals surface area (Å²) in [7, 11) is 0. The van der Waals surface area contributed by atoms with Gasteiger partial charge in [-0.2, -0.15) is 0 Å². The van der Waals surface area contributed by atoms with Crippen LogP contribution >= 0.6 is 0 Å². The Balaban J connectivity index is 1.37. The van der Waals surface area contributed by atoms with Gasteiger partial charge in [-0.1, -0.05) is 29.8 Å². The summed E-state index contributed by atoms with van der Waals surface area (Å²) in [6.07, 6.45) is 4.59. The predicted molar refractivity (Wildman–Crippen MR) is 117 cm³/mol. The fraction of sp³-hybridized carbons (Fsp3) is 0.320. The van der Waals surface area contributed by atoms with Crippen LogP contribution in [0.25, 0.3) is 11.0 Å². The minimum Gasteiger partial charge on any atom is -0.450 e. The minimum absolute atomic E-state index is 0.208. The highest BCUT2D eigenvalue weighted by atomic mass is 16.5. The Bertz CT molecular complexity index is 1210. The lowest BCUT2D eigenvalue weighted by molar-refractivity contribution is -0.124. The van der Waals surface area contributed by atoms with Crippen LogP contribution in [-0.4, -0.2) is 18.5 Å². The Morgan fingerprint density at radius 3 is 2.65 bits per heavy atom. The van der Waals surface area contributed by atoms with Crippen LogP contribution in [-0.2, 0) is 22.4 Å². The molecule has 0 spiro atoms. The van der Waals surface area contributed by atoms with Crippen molar-refractivity contribution in [2.24, 2.45) is 0 Å². The lowest BCUT2D eigenvalue weighted by Crippen LogP contribution is -2.31. The smallest absolute Gasteiger partial charge is 0.374 e. The molecule has 6 nitrogen and oxygen atoms in total. The van der Waals surface area contributed by atoms with Crippen molar-refractivity contribution in [3.8, 4) is 0 Å². The number of carbonyl (C=O) groups is 2. The highest BCUT2D eigenvalue weighted by Crippen LogP contribution is 2.24. The molecule has 0 aliphatic heterocycles. The van der Waals surface area contributed by atoms with Crippen LogP contribution in [0.1, 0.15) is 58.6 Å². The Kier molecular flexibility index (Phi) is 5.89. The summed E-state index contributed by atoms with van der Waals surface area (Å²) in [5, 5.41) is 3.24. The van der Waals surface area contributed by atoms with Crippen LogP contribution in [0.4, 0.5) is 0 Å². The van der Waals surface area contributed by atoms with Gasteiger partial charge in [-0.3, -0.25) is 9.59 Å². The molecule has 2 aromatic carbocycles. The van der Waals surface area contributed by atoms with Crippen molar-refractivity contribution in [1.29, 1.82) is 0 Å². The first kappa shape index (κ1) is 20.8. The van der Waals surface area contributed by atoms with Gasteiger partial charge in [-0.15, -0.1) is 0 Å². The second-order valence-corrected chi connectivity index (χ2v) is 8.08. The van der Waals surface area contributed by atoms with Gasteiger partial charge in [0.05, 0.1) is 11.4 Å². The van der Waals surface area contributed by atoms with Gasteiger partial charge in [0, 0.05) is 6.07 Å². The number of hydrogen-bond donors (Lipinski definition) is 1. The Morgan fingerprint density at radius 2 is 1.84 bits per heavy atom. The summed E-state index contributed by atoms with van der Waals surface area (Å²) in [6.45, 7) is 3.31. The fourth-order valence-electron chi connectivity index (χ4n) is 3.96. The van der Waals surface area contributed by atoms with Crippen molar-refractivity contribution in [2.45, 2.75) is 45.6 Å². The third kappa shape index (κ3) is 4.68. The SMILES string of the molecule is Cc1ccc2oc(C(=O)OCC(=O)N[C@H](C)c3ccc4c(c3)CCCC4)cc(=O)c2c1. The van der Waals surface area contributed by atoms with Crippen LogP contribution in [0.5, 0.6) is 0 Å². The first-order chi connectivity index (χ1) is 14.9. The molecule has 1 heterocycles. The van der Waals surface area contributed by atoms with E-state index in [9.17, 15) is 14.4 Å². The van der Waals surface area contributed by atoms with Gasteiger partial charge in [0.1, 0.15) is 5.58 Å². The van der Waals surface area contributed by atoms with E-state index < -0.39 is 18.5 Å². The maximum Gasteiger partial charge on any atom is 0.374 e. The highest BCUT2D eigenvalue weighted by molar-refractivity contribution is 5.90. The third-order valence-electron chi connectivity index (χ3n) is 5.67. The van der Waals surface area contributed by atoms with Crippen molar-refractivity contribution < 1.29 is 18.7 Å². The lowest BCUT2D eigenvalue weighted by atomic mass is 9.89. The van der Waals surface area contributed by atoms with Crippen molar-refractivity contribution in [3.05, 3.63) is 80.7 Å². The highest BCUT2D eigenvalue weighted by Gasteiger charge is 2.18. The predicted octanol–water partition coefficient (Wildman–Crippen LogP) is 4.01. The molecule has 1 aromatic heterocycles. The van der Waals surface area contributed by atoms with E-state index in [2.05, 4.69) is 17.4 Å². The van der Waals surface area contributed by atoms with E-state index >= 15 is 0 Å². The molecular formula is C25H25NO5. The van der Waals surface area contributed by atoms with Gasteiger partial charge in [-0.25, -0.2) is 4.79 Å². The second-order valence-electron chi connectivity index (χ2n) is 8.08. The van der Waals surface area contributed by atoms with Crippen LogP contribution in [0.15, 0.2) is 51.7 Å². The van der Waals surface area contributed by atoms with Crippen molar-refractivity contribution in [2.75, 3.05) is 6.61 Å². The van der Waals surface area contributed by atoms with Crippen molar-refractivity contribution in [1.82, 2.24) is 5.32 Å². The van der Waals surface area contributed by atoms with Gasteiger partial charge in [0.2, 0.25) is 5.76 Å². The van der Waals surface area contributed by atoms with Crippen LogP contribution < -0.4 is 10.7 Å². The summed E-state index contributed by atoms with van der Waals surface area (Å²) in [4.78, 5) is 36.8. The lowest BCUT2D eigenvalue weighted by Gasteiger charge is -2.20. The molecule has 1 aliphatic rings. The quantitative estimate of drug-likeness (QED) is 0.632. The monoisotopic (exact) mass is 419 g/mol. The average molecular weight is 419 g/mol. The number of carbonyl (C=O) groups excluding carboxylic acids is 2. The molecule has 0 bridgehead atoms. The number of aryl methyl sites for hydroxylation is 3. The van der Waals surface area contributed by atoms with Crippen LogP contribution in [0.2, 0.25) is 0 Å². The number of hydrogen-bond acceptors (Lipinski definition) is 5. The summed E-state index contributed by atoms with van der Waals surface area (Å²) < 4.78 is 10.5. The normalized spacial score (nSPS) is 14.0. The summed E-state index contributed by atoms with van der Waals surface area (Å²) in [6, 6.07) is 12.3. The number of amides is 1. The van der Waals surface area contributed by atoms with Crippen LogP contribution in [0.3, 0.4) is 0 Å². The zero-order valence-electron chi connectivity index (χ0n) is 17.7. The summed E-state index contributed by atoms with van der Waals surface area (Å²) in [5.41, 5.74) is 4.64. The van der Waals surface area contributed by atoms with E-state index in [1.54, 1.807) is 18.2 Å². The molecule has 1 atom stereocenters. The summed E-state index contributed by atoms with van der Waals surface area (Å²) in [5.74, 6) is -1.50. The largest absolute Gasteiger partial charge is 0.450 e. The van der Waals surface area contributed by atoms with E-state index in [0.717, 1.165) is 30.0 Å². The Morgan fingerprint density at radius 1 is 1.06 bits per heavy atom. The molecule has 1 aliphatic carbocycles. The topological polar surface area (TPSA) is 85.6 Å². The van der Waals surface area contributed by atoms with Gasteiger partial charge < -0.3 is 14.5 Å². The van der Waals surface area contributed by atoms with Crippen molar-refractivity contribution >= 4 is 22.8 Å². The molecule has 3 aromatic rings. The fourth-order valence-corrected chi connectivity index (χ4v) is 3.96. The zero-order valence-corrected chi connectivity index (χ0v) is 17.7. The molecule has 0 radical (unpaired) electrons. The zero-order chi connectivity index (χ0) is 22.0. The number of rotatable bonds is 5. The first-order valence-electron chi connectivity index (χ1n) is 10.5. The van der Waals surface area contributed by atoms with E-state index in [4.69, 9.17) is 9.15 Å². The van der Waals surface area contributed by atoms with Crippen LogP contribution in [0, 0.1) is 6.92 Å². The molecular weight excluding hydrogens is 394 g/mol. The molecule has 0 saturated carbocycles. The van der Waals surface area contributed by atoms with E-state index in [0.29, 0.717) is 11.0 Å². The molecule has 4 rings (SSSR count). The number of nitrogens with one attached hydrogen (secondary N) is 1. The molecule has 1 N–H and O–H groups in total. The van der Waals surface area contributed by atoms with E-state index in [1.165, 1.54) is 24.0 Å². The number of fused-ring (bicyclic) bond motifs is 2. The second kappa shape index (κ2) is 8.76. The van der Waals surface area contributed by atoms with Gasteiger partial charge in [-0.05, 0) is 68.4 Å². The van der Waals surface area contributed by atoms with Crippen molar-refractivity contribution in [3.63, 3.8) is 0 Å².